The van der Waals surface area contributed by atoms with Gasteiger partial charge in [0.25, 0.3) is 0 Å². The lowest BCUT2D eigenvalue weighted by Gasteiger charge is -2.17. The van der Waals surface area contributed by atoms with E-state index in [2.05, 4.69) is 4.90 Å². The number of hydrogen-bond acceptors (Lipinski definition) is 3. The summed E-state index contributed by atoms with van der Waals surface area (Å²) in [5.41, 5.74) is 3.75. The van der Waals surface area contributed by atoms with E-state index in [-0.39, 0.29) is 5.78 Å². The molecule has 0 amide bonds. The lowest BCUT2D eigenvalue weighted by Crippen LogP contribution is -2.25. The van der Waals surface area contributed by atoms with Crippen LogP contribution in [0.3, 0.4) is 0 Å². The molecule has 1 aromatic heterocycles. The van der Waals surface area contributed by atoms with Gasteiger partial charge in [0, 0.05) is 31.0 Å². The molecule has 26 heavy (non-hydrogen) atoms. The zero-order valence-corrected chi connectivity index (χ0v) is 16.0. The van der Waals surface area contributed by atoms with E-state index < -0.39 is 0 Å². The van der Waals surface area contributed by atoms with Crippen molar-refractivity contribution in [1.29, 1.82) is 0 Å². The molecule has 0 N–H and O–H groups in total. The third-order valence-corrected chi connectivity index (χ3v) is 4.99. The number of aryl methyl sites for hydroxylation is 3. The third-order valence-electron chi connectivity index (χ3n) is 4.99. The smallest absolute Gasteiger partial charge is 0.185 e. The number of aromatic nitrogens is 1. The maximum absolute atomic E-state index is 12.5. The first-order valence-electron chi connectivity index (χ1n) is 9.35. The highest BCUT2D eigenvalue weighted by Gasteiger charge is 2.13. The van der Waals surface area contributed by atoms with Gasteiger partial charge in [-0.1, -0.05) is 0 Å². The molecule has 0 bridgehead atoms. The first-order chi connectivity index (χ1) is 12.5. The van der Waals surface area contributed by atoms with Crippen molar-refractivity contribution >= 4 is 11.9 Å². The Morgan fingerprint density at radius 1 is 1.19 bits per heavy atom. The lowest BCUT2D eigenvalue weighted by atomic mass is 10.0. The van der Waals surface area contributed by atoms with E-state index in [9.17, 15) is 4.79 Å². The summed E-state index contributed by atoms with van der Waals surface area (Å²) in [4.78, 5) is 15.0. The number of likely N-dealkylation sites (tertiary alicyclic amines) is 1. The summed E-state index contributed by atoms with van der Waals surface area (Å²) in [6.07, 6.45) is 8.05. The van der Waals surface area contributed by atoms with Crippen LogP contribution in [0.4, 0.5) is 0 Å². The average Bonchev–Trinajstić information content (AvgIpc) is 3.26. The van der Waals surface area contributed by atoms with Gasteiger partial charge in [-0.3, -0.25) is 9.69 Å². The molecule has 0 aliphatic carbocycles. The van der Waals surface area contributed by atoms with Crippen molar-refractivity contribution in [2.24, 2.45) is 7.05 Å². The molecule has 4 nitrogen and oxygen atoms in total. The number of benzene rings is 1. The van der Waals surface area contributed by atoms with Crippen molar-refractivity contribution < 1.29 is 9.53 Å². The second-order valence-corrected chi connectivity index (χ2v) is 7.08. The highest BCUT2D eigenvalue weighted by Crippen LogP contribution is 2.25. The quantitative estimate of drug-likeness (QED) is 0.558. The molecule has 1 fully saturated rings. The fourth-order valence-corrected chi connectivity index (χ4v) is 3.51. The van der Waals surface area contributed by atoms with E-state index >= 15 is 0 Å². The van der Waals surface area contributed by atoms with Crippen LogP contribution in [-0.2, 0) is 7.05 Å². The number of allylic oxidation sites excluding steroid dienone is 1. The molecular weight excluding hydrogens is 324 g/mol. The van der Waals surface area contributed by atoms with Crippen LogP contribution in [-0.4, -0.2) is 41.5 Å². The Hall–Kier alpha value is -2.33. The number of carbonyl (C=O) groups is 1. The fourth-order valence-electron chi connectivity index (χ4n) is 3.51. The summed E-state index contributed by atoms with van der Waals surface area (Å²) in [7, 11) is 1.97. The number of hydrogen-bond donors (Lipinski definition) is 0. The van der Waals surface area contributed by atoms with Crippen LogP contribution < -0.4 is 4.74 Å². The van der Waals surface area contributed by atoms with Crippen LogP contribution >= 0.6 is 0 Å². The summed E-state index contributed by atoms with van der Waals surface area (Å²) >= 11 is 0. The molecule has 1 aliphatic heterocycles. The molecule has 1 saturated heterocycles. The summed E-state index contributed by atoms with van der Waals surface area (Å²) in [6, 6.07) is 7.80. The van der Waals surface area contributed by atoms with E-state index in [0.29, 0.717) is 12.2 Å². The molecular formula is C22H28N2O2. The number of nitrogens with zero attached hydrogens (tertiary/aromatic N) is 2. The predicted molar refractivity (Wildman–Crippen MR) is 106 cm³/mol. The molecule has 0 atom stereocenters. The number of ether oxygens (including phenoxy) is 1. The van der Waals surface area contributed by atoms with Gasteiger partial charge in [0.1, 0.15) is 12.4 Å². The third kappa shape index (κ3) is 4.44. The molecule has 2 aromatic rings. The topological polar surface area (TPSA) is 34.5 Å². The zero-order valence-electron chi connectivity index (χ0n) is 16.0. The van der Waals surface area contributed by atoms with E-state index in [1.807, 2.05) is 62.0 Å². The highest BCUT2D eigenvalue weighted by molar-refractivity contribution is 6.07. The molecule has 1 aromatic carbocycles. The van der Waals surface area contributed by atoms with Gasteiger partial charge in [-0.15, -0.1) is 0 Å². The lowest BCUT2D eigenvalue weighted by molar-refractivity contribution is 0.104. The van der Waals surface area contributed by atoms with Crippen molar-refractivity contribution in [3.8, 4) is 5.75 Å². The molecule has 4 heteroatoms. The zero-order chi connectivity index (χ0) is 18.5. The van der Waals surface area contributed by atoms with Crippen molar-refractivity contribution in [1.82, 2.24) is 9.47 Å². The summed E-state index contributed by atoms with van der Waals surface area (Å²) in [5.74, 6) is 0.924. The number of carbonyl (C=O) groups excluding carboxylic acids is 1. The molecule has 1 aliphatic rings. The van der Waals surface area contributed by atoms with Gasteiger partial charge < -0.3 is 9.30 Å². The van der Waals surface area contributed by atoms with E-state index in [0.717, 1.165) is 29.1 Å². The van der Waals surface area contributed by atoms with Gasteiger partial charge in [-0.05, 0) is 87.3 Å². The fraction of sp³-hybridized carbons (Fsp3) is 0.409. The molecule has 3 rings (SSSR count). The molecule has 2 heterocycles. The van der Waals surface area contributed by atoms with Gasteiger partial charge in [-0.2, -0.15) is 0 Å². The van der Waals surface area contributed by atoms with Gasteiger partial charge in [0.05, 0.1) is 0 Å². The molecule has 0 saturated carbocycles. The molecule has 138 valence electrons. The van der Waals surface area contributed by atoms with Gasteiger partial charge in [-0.25, -0.2) is 0 Å². The Morgan fingerprint density at radius 3 is 2.50 bits per heavy atom. The number of ketones is 1. The maximum Gasteiger partial charge on any atom is 0.185 e. The van der Waals surface area contributed by atoms with Crippen molar-refractivity contribution in [2.75, 3.05) is 26.2 Å². The predicted octanol–water partition coefficient (Wildman–Crippen LogP) is 4.01. The molecule has 0 unspecified atom stereocenters. The van der Waals surface area contributed by atoms with Crippen LogP contribution in [0.2, 0.25) is 0 Å². The maximum atomic E-state index is 12.5. The van der Waals surface area contributed by atoms with Crippen LogP contribution in [0.1, 0.15) is 40.0 Å². The SMILES string of the molecule is Cc1cc(C(=O)/C=C/c2cccn2C)cc(C)c1OCCN1CCCC1. The second kappa shape index (κ2) is 8.37. The Kier molecular flexibility index (Phi) is 5.94. The monoisotopic (exact) mass is 352 g/mol. The number of rotatable bonds is 7. The Bertz CT molecular complexity index is 775. The van der Waals surface area contributed by atoms with Crippen LogP contribution in [0.25, 0.3) is 6.08 Å². The largest absolute Gasteiger partial charge is 0.492 e. The van der Waals surface area contributed by atoms with Crippen molar-refractivity contribution in [3.05, 3.63) is 58.9 Å². The van der Waals surface area contributed by atoms with Crippen LogP contribution in [0.15, 0.2) is 36.5 Å². The first-order valence-corrected chi connectivity index (χ1v) is 9.35. The Morgan fingerprint density at radius 2 is 1.88 bits per heavy atom. The van der Waals surface area contributed by atoms with Gasteiger partial charge in [0.2, 0.25) is 0 Å². The minimum atomic E-state index is 0.0148. The van der Waals surface area contributed by atoms with E-state index in [4.69, 9.17) is 4.74 Å². The minimum Gasteiger partial charge on any atom is -0.492 e. The standard InChI is InChI=1S/C22H28N2O2/c1-17-15-19(21(25)9-8-20-7-6-10-23(20)3)16-18(2)22(17)26-14-13-24-11-4-5-12-24/h6-10,15-16H,4-5,11-14H2,1-3H3/b9-8+. The van der Waals surface area contributed by atoms with E-state index in [1.165, 1.54) is 25.9 Å². The molecule has 0 radical (unpaired) electrons. The van der Waals surface area contributed by atoms with Gasteiger partial charge >= 0.3 is 0 Å². The Balaban J connectivity index is 1.65. The Labute approximate surface area is 156 Å². The molecule has 0 spiro atoms. The highest BCUT2D eigenvalue weighted by atomic mass is 16.5. The first kappa shape index (κ1) is 18.5. The average molecular weight is 352 g/mol. The van der Waals surface area contributed by atoms with Crippen LogP contribution in [0, 0.1) is 13.8 Å². The summed E-state index contributed by atoms with van der Waals surface area (Å²) in [5, 5.41) is 0. The normalized spacial score (nSPS) is 15.0. The van der Waals surface area contributed by atoms with Crippen LogP contribution in [0.5, 0.6) is 5.75 Å². The second-order valence-electron chi connectivity index (χ2n) is 7.08. The summed E-state index contributed by atoms with van der Waals surface area (Å²) < 4.78 is 8.01. The summed E-state index contributed by atoms with van der Waals surface area (Å²) in [6.45, 7) is 8.05. The van der Waals surface area contributed by atoms with Gasteiger partial charge in [0.15, 0.2) is 5.78 Å². The van der Waals surface area contributed by atoms with Crippen molar-refractivity contribution in [3.63, 3.8) is 0 Å². The van der Waals surface area contributed by atoms with Crippen molar-refractivity contribution in [2.45, 2.75) is 26.7 Å². The minimum absolute atomic E-state index is 0.0148. The van der Waals surface area contributed by atoms with E-state index in [1.54, 1.807) is 6.08 Å².